The number of esters is 1. The standard InChI is InChI=1S/C31H48FNO3Si/c1-13-14-21(6)27-23(17-26(19(2)3)33-29(27)20(4)5)22-15-16-25(32)28(30(34)35-10)24(22)18-36-37(11,12)31(7,8)9/h15-17,19-21H,13-14,18H2,1-12H3. The average Bonchev–Trinajstić information content (AvgIpc) is 2.80. The molecule has 1 aromatic carbocycles. The highest BCUT2D eigenvalue weighted by molar-refractivity contribution is 6.74. The molecule has 1 atom stereocenters. The summed E-state index contributed by atoms with van der Waals surface area (Å²) in [5.41, 5.74) is 5.59. The number of pyridine rings is 1. The molecule has 0 aliphatic rings. The number of halogens is 1. The lowest BCUT2D eigenvalue weighted by Crippen LogP contribution is -2.40. The van der Waals surface area contributed by atoms with Gasteiger partial charge in [-0.25, -0.2) is 9.18 Å². The van der Waals surface area contributed by atoms with E-state index in [4.69, 9.17) is 14.1 Å². The fourth-order valence-electron chi connectivity index (χ4n) is 4.46. The van der Waals surface area contributed by atoms with Gasteiger partial charge in [0.15, 0.2) is 8.32 Å². The normalized spacial score (nSPS) is 13.4. The Balaban J connectivity index is 2.98. The highest BCUT2D eigenvalue weighted by atomic mass is 28.4. The van der Waals surface area contributed by atoms with Crippen LogP contribution in [-0.2, 0) is 15.8 Å². The predicted octanol–water partition coefficient (Wildman–Crippen LogP) is 9.35. The van der Waals surface area contributed by atoms with Crippen LogP contribution < -0.4 is 0 Å². The third-order valence-corrected chi connectivity index (χ3v) is 12.3. The fourth-order valence-corrected chi connectivity index (χ4v) is 5.40. The Morgan fingerprint density at radius 3 is 2.16 bits per heavy atom. The number of carbonyl (C=O) groups is 1. The molecule has 37 heavy (non-hydrogen) atoms. The predicted molar refractivity (Wildman–Crippen MR) is 154 cm³/mol. The maximum atomic E-state index is 15.3. The van der Waals surface area contributed by atoms with Gasteiger partial charge in [-0.2, -0.15) is 0 Å². The van der Waals surface area contributed by atoms with Crippen molar-refractivity contribution in [2.75, 3.05) is 7.11 Å². The molecular formula is C31H48FNO3Si. The molecule has 0 radical (unpaired) electrons. The minimum Gasteiger partial charge on any atom is -0.465 e. The number of hydrogen-bond donors (Lipinski definition) is 0. The van der Waals surface area contributed by atoms with Crippen LogP contribution in [0.5, 0.6) is 0 Å². The van der Waals surface area contributed by atoms with Gasteiger partial charge in [-0.05, 0) is 71.1 Å². The lowest BCUT2D eigenvalue weighted by Gasteiger charge is -2.36. The molecule has 0 aliphatic heterocycles. The molecule has 0 N–H and O–H groups in total. The van der Waals surface area contributed by atoms with Gasteiger partial charge >= 0.3 is 5.97 Å². The Bertz CT molecular complexity index is 1100. The second-order valence-corrected chi connectivity index (χ2v) is 17.2. The third kappa shape index (κ3) is 6.88. The van der Waals surface area contributed by atoms with Crippen molar-refractivity contribution >= 4 is 14.3 Å². The number of ether oxygens (including phenoxy) is 1. The molecule has 0 aliphatic carbocycles. The lowest BCUT2D eigenvalue weighted by molar-refractivity contribution is 0.0592. The lowest BCUT2D eigenvalue weighted by atomic mass is 9.82. The van der Waals surface area contributed by atoms with Crippen molar-refractivity contribution in [2.24, 2.45) is 0 Å². The summed E-state index contributed by atoms with van der Waals surface area (Å²) in [5, 5.41) is -0.0288. The second-order valence-electron chi connectivity index (χ2n) is 12.4. The largest absolute Gasteiger partial charge is 0.465 e. The molecule has 0 saturated heterocycles. The van der Waals surface area contributed by atoms with E-state index in [9.17, 15) is 4.79 Å². The van der Waals surface area contributed by atoms with Gasteiger partial charge < -0.3 is 9.16 Å². The van der Waals surface area contributed by atoms with Crippen molar-refractivity contribution in [2.45, 2.75) is 118 Å². The quantitative estimate of drug-likeness (QED) is 0.227. The van der Waals surface area contributed by atoms with Gasteiger partial charge in [-0.15, -0.1) is 0 Å². The minimum atomic E-state index is -2.19. The van der Waals surface area contributed by atoms with Crippen LogP contribution in [0.4, 0.5) is 4.39 Å². The van der Waals surface area contributed by atoms with Crippen LogP contribution in [0.1, 0.15) is 126 Å². The minimum absolute atomic E-state index is 0.0288. The topological polar surface area (TPSA) is 48.4 Å². The van der Waals surface area contributed by atoms with E-state index in [2.05, 4.69) is 81.5 Å². The van der Waals surface area contributed by atoms with Crippen molar-refractivity contribution < 1.29 is 18.3 Å². The summed E-state index contributed by atoms with van der Waals surface area (Å²) in [6.07, 6.45) is 2.05. The summed E-state index contributed by atoms with van der Waals surface area (Å²) >= 11 is 0. The molecule has 6 heteroatoms. The zero-order valence-corrected chi connectivity index (χ0v) is 26.1. The number of benzene rings is 1. The van der Waals surface area contributed by atoms with Crippen LogP contribution in [0, 0.1) is 5.82 Å². The summed E-state index contributed by atoms with van der Waals surface area (Å²) in [4.78, 5) is 18.0. The van der Waals surface area contributed by atoms with Gasteiger partial charge in [-0.3, -0.25) is 4.98 Å². The van der Waals surface area contributed by atoms with Gasteiger partial charge in [0.25, 0.3) is 0 Å². The molecule has 2 rings (SSSR count). The average molecular weight is 530 g/mol. The van der Waals surface area contributed by atoms with E-state index in [0.717, 1.165) is 35.4 Å². The van der Waals surface area contributed by atoms with E-state index >= 15 is 4.39 Å². The van der Waals surface area contributed by atoms with Crippen LogP contribution in [0.3, 0.4) is 0 Å². The zero-order valence-electron chi connectivity index (χ0n) is 25.1. The summed E-state index contributed by atoms with van der Waals surface area (Å²) < 4.78 is 26.9. The third-order valence-electron chi connectivity index (χ3n) is 7.79. The van der Waals surface area contributed by atoms with E-state index < -0.39 is 20.1 Å². The van der Waals surface area contributed by atoms with E-state index in [1.807, 2.05) is 0 Å². The van der Waals surface area contributed by atoms with Crippen molar-refractivity contribution in [3.05, 3.63) is 52.1 Å². The molecule has 1 unspecified atom stereocenters. The van der Waals surface area contributed by atoms with Crippen molar-refractivity contribution in [1.29, 1.82) is 0 Å². The maximum absolute atomic E-state index is 15.3. The Hall–Kier alpha value is -2.05. The highest BCUT2D eigenvalue weighted by Gasteiger charge is 2.38. The first-order valence-corrected chi connectivity index (χ1v) is 16.6. The molecule has 4 nitrogen and oxygen atoms in total. The van der Waals surface area contributed by atoms with Gasteiger partial charge in [0.2, 0.25) is 0 Å². The summed E-state index contributed by atoms with van der Waals surface area (Å²) in [5.74, 6) is -0.571. The van der Waals surface area contributed by atoms with Gasteiger partial charge in [-0.1, -0.05) is 74.8 Å². The smallest absolute Gasteiger partial charge is 0.341 e. The molecule has 0 fully saturated rings. The van der Waals surface area contributed by atoms with Crippen molar-refractivity contribution in [3.63, 3.8) is 0 Å². The Labute approximate surface area is 225 Å². The number of methoxy groups -OCH3 is 1. The molecule has 0 saturated carbocycles. The number of hydrogen-bond acceptors (Lipinski definition) is 4. The van der Waals surface area contributed by atoms with Crippen molar-refractivity contribution in [3.8, 4) is 11.1 Å². The van der Waals surface area contributed by atoms with Crippen LogP contribution in [-0.4, -0.2) is 26.4 Å². The van der Waals surface area contributed by atoms with Crippen LogP contribution in [0.25, 0.3) is 11.1 Å². The van der Waals surface area contributed by atoms with E-state index in [-0.39, 0.29) is 35.0 Å². The molecule has 1 heterocycles. The van der Waals surface area contributed by atoms with Crippen LogP contribution in [0.2, 0.25) is 18.1 Å². The summed E-state index contributed by atoms with van der Waals surface area (Å²) in [6.45, 7) is 24.0. The van der Waals surface area contributed by atoms with Gasteiger partial charge in [0.1, 0.15) is 11.4 Å². The first-order chi connectivity index (χ1) is 17.1. The molecule has 0 spiro atoms. The van der Waals surface area contributed by atoms with Crippen LogP contribution >= 0.6 is 0 Å². The molecular weight excluding hydrogens is 481 g/mol. The van der Waals surface area contributed by atoms with Crippen LogP contribution in [0.15, 0.2) is 18.2 Å². The summed E-state index contributed by atoms with van der Waals surface area (Å²) in [6, 6.07) is 5.33. The first-order valence-electron chi connectivity index (χ1n) is 13.7. The van der Waals surface area contributed by atoms with Gasteiger partial charge in [0.05, 0.1) is 13.7 Å². The first kappa shape index (κ1) is 31.2. The molecule has 206 valence electrons. The summed E-state index contributed by atoms with van der Waals surface area (Å²) in [7, 11) is -0.896. The van der Waals surface area contributed by atoms with Crippen molar-refractivity contribution in [1.82, 2.24) is 4.98 Å². The monoisotopic (exact) mass is 529 g/mol. The zero-order chi connectivity index (χ0) is 28.3. The molecule has 0 amide bonds. The second kappa shape index (κ2) is 12.2. The Morgan fingerprint density at radius 1 is 1.05 bits per heavy atom. The Kier molecular flexibility index (Phi) is 10.3. The number of nitrogens with zero attached hydrogens (tertiary/aromatic N) is 1. The van der Waals surface area contributed by atoms with E-state index in [1.165, 1.54) is 18.7 Å². The maximum Gasteiger partial charge on any atom is 0.341 e. The highest BCUT2D eigenvalue weighted by Crippen LogP contribution is 2.42. The fraction of sp³-hybridized carbons (Fsp3) is 0.613. The molecule has 2 aromatic rings. The van der Waals surface area contributed by atoms with E-state index in [1.54, 1.807) is 6.07 Å². The van der Waals surface area contributed by atoms with E-state index in [0.29, 0.717) is 5.56 Å². The number of aromatic nitrogens is 1. The number of rotatable bonds is 10. The molecule has 1 aromatic heterocycles. The Morgan fingerprint density at radius 2 is 1.68 bits per heavy atom. The SMILES string of the molecule is CCCC(C)c1c(-c2ccc(F)c(C(=O)OC)c2CO[Si](C)(C)C(C)(C)C)cc(C(C)C)nc1C(C)C. The molecule has 0 bridgehead atoms. The number of carbonyl (C=O) groups excluding carboxylic acids is 1. The van der Waals surface area contributed by atoms with Gasteiger partial charge in [0, 0.05) is 17.0 Å².